The average Bonchev–Trinajstić information content (AvgIpc) is 2.29. The van der Waals surface area contributed by atoms with E-state index in [0.717, 1.165) is 13.0 Å². The maximum atomic E-state index is 3.63. The summed E-state index contributed by atoms with van der Waals surface area (Å²) < 4.78 is 0. The Balaban J connectivity index is 2.33. The van der Waals surface area contributed by atoms with Crippen LogP contribution in [0.4, 0.5) is 0 Å². The van der Waals surface area contributed by atoms with E-state index in [4.69, 9.17) is 0 Å². The van der Waals surface area contributed by atoms with Crippen LogP contribution in [0.3, 0.4) is 0 Å². The molecule has 1 aromatic carbocycles. The van der Waals surface area contributed by atoms with Crippen molar-refractivity contribution in [2.75, 3.05) is 0 Å². The highest BCUT2D eigenvalue weighted by molar-refractivity contribution is 5.37. The molecule has 1 nitrogen and oxygen atoms in total. The summed E-state index contributed by atoms with van der Waals surface area (Å²) in [4.78, 5) is 0. The van der Waals surface area contributed by atoms with Crippen molar-refractivity contribution in [3.05, 3.63) is 34.9 Å². The normalized spacial score (nSPS) is 25.0. The van der Waals surface area contributed by atoms with Gasteiger partial charge in [0.15, 0.2) is 0 Å². The molecule has 0 aliphatic carbocycles. The minimum Gasteiger partial charge on any atom is -0.309 e. The van der Waals surface area contributed by atoms with Gasteiger partial charge in [0.1, 0.15) is 0 Å². The van der Waals surface area contributed by atoms with E-state index < -0.39 is 0 Å². The van der Waals surface area contributed by atoms with E-state index in [2.05, 4.69) is 44.3 Å². The minimum atomic E-state index is 0.657. The van der Waals surface area contributed by atoms with Crippen LogP contribution in [0.5, 0.6) is 0 Å². The number of benzene rings is 1. The van der Waals surface area contributed by atoms with Crippen LogP contribution in [-0.4, -0.2) is 6.04 Å². The molecule has 0 fully saturated rings. The fraction of sp³-hybridized carbons (Fsp3) is 0.571. The summed E-state index contributed by atoms with van der Waals surface area (Å²) >= 11 is 0. The summed E-state index contributed by atoms with van der Waals surface area (Å²) in [6.45, 7) is 7.87. The molecule has 2 atom stereocenters. The summed E-state index contributed by atoms with van der Waals surface area (Å²) in [6.07, 6.45) is 2.36. The highest BCUT2D eigenvalue weighted by atomic mass is 14.9. The van der Waals surface area contributed by atoms with Gasteiger partial charge in [-0.1, -0.05) is 39.0 Å². The van der Waals surface area contributed by atoms with E-state index in [0.29, 0.717) is 12.0 Å². The molecular formula is C14H21N. The van der Waals surface area contributed by atoms with Crippen LogP contribution >= 0.6 is 0 Å². The molecule has 0 amide bonds. The zero-order chi connectivity index (χ0) is 10.8. The quantitative estimate of drug-likeness (QED) is 0.778. The molecule has 82 valence electrons. The first-order chi connectivity index (χ1) is 7.26. The molecule has 0 spiro atoms. The van der Waals surface area contributed by atoms with E-state index in [1.165, 1.54) is 17.5 Å². The lowest BCUT2D eigenvalue weighted by molar-refractivity contribution is 0.409. The zero-order valence-corrected chi connectivity index (χ0v) is 10.0. The SMILES string of the molecule is CCc1ccc2c(c1)CNC(CC)C2C. The Morgan fingerprint density at radius 2 is 2.13 bits per heavy atom. The molecule has 1 aliphatic heterocycles. The Kier molecular flexibility index (Phi) is 3.11. The van der Waals surface area contributed by atoms with E-state index in [1.54, 1.807) is 5.56 Å². The van der Waals surface area contributed by atoms with Gasteiger partial charge in [-0.3, -0.25) is 0 Å². The van der Waals surface area contributed by atoms with Crippen molar-refractivity contribution in [2.45, 2.75) is 52.1 Å². The molecule has 0 bridgehead atoms. The van der Waals surface area contributed by atoms with E-state index in [1.807, 2.05) is 0 Å². The Morgan fingerprint density at radius 3 is 2.80 bits per heavy atom. The Morgan fingerprint density at radius 1 is 1.33 bits per heavy atom. The van der Waals surface area contributed by atoms with Crippen LogP contribution in [0.1, 0.15) is 49.8 Å². The summed E-state index contributed by atoms with van der Waals surface area (Å²) in [6, 6.07) is 7.64. The van der Waals surface area contributed by atoms with Crippen molar-refractivity contribution in [3.63, 3.8) is 0 Å². The van der Waals surface area contributed by atoms with Gasteiger partial charge in [-0.25, -0.2) is 0 Å². The average molecular weight is 203 g/mol. The van der Waals surface area contributed by atoms with Gasteiger partial charge >= 0.3 is 0 Å². The van der Waals surface area contributed by atoms with Gasteiger partial charge in [0.05, 0.1) is 0 Å². The summed E-state index contributed by atoms with van der Waals surface area (Å²) in [7, 11) is 0. The minimum absolute atomic E-state index is 0.657. The molecule has 2 rings (SSSR count). The third kappa shape index (κ3) is 1.93. The second-order valence-electron chi connectivity index (χ2n) is 4.57. The lowest BCUT2D eigenvalue weighted by Crippen LogP contribution is -2.37. The van der Waals surface area contributed by atoms with Crippen LogP contribution in [0.25, 0.3) is 0 Å². The van der Waals surface area contributed by atoms with Crippen molar-refractivity contribution in [3.8, 4) is 0 Å². The van der Waals surface area contributed by atoms with Crippen LogP contribution in [0, 0.1) is 0 Å². The van der Waals surface area contributed by atoms with Crippen LogP contribution in [0.2, 0.25) is 0 Å². The molecule has 1 aliphatic rings. The number of rotatable bonds is 2. The number of nitrogens with one attached hydrogen (secondary N) is 1. The lowest BCUT2D eigenvalue weighted by Gasteiger charge is -2.32. The Hall–Kier alpha value is -0.820. The molecule has 15 heavy (non-hydrogen) atoms. The van der Waals surface area contributed by atoms with E-state index >= 15 is 0 Å². The highest BCUT2D eigenvalue weighted by Crippen LogP contribution is 2.29. The Labute approximate surface area is 92.9 Å². The van der Waals surface area contributed by atoms with Crippen molar-refractivity contribution >= 4 is 0 Å². The second-order valence-corrected chi connectivity index (χ2v) is 4.57. The first kappa shape index (κ1) is 10.7. The number of hydrogen-bond acceptors (Lipinski definition) is 1. The van der Waals surface area contributed by atoms with Gasteiger partial charge in [0.2, 0.25) is 0 Å². The fourth-order valence-corrected chi connectivity index (χ4v) is 2.61. The Bertz CT molecular complexity index is 343. The van der Waals surface area contributed by atoms with Crippen molar-refractivity contribution in [2.24, 2.45) is 0 Å². The van der Waals surface area contributed by atoms with Crippen molar-refractivity contribution in [1.82, 2.24) is 5.32 Å². The number of fused-ring (bicyclic) bond motifs is 1. The number of aryl methyl sites for hydroxylation is 1. The maximum absolute atomic E-state index is 3.63. The molecule has 1 N–H and O–H groups in total. The monoisotopic (exact) mass is 203 g/mol. The van der Waals surface area contributed by atoms with Gasteiger partial charge in [0, 0.05) is 12.6 Å². The molecule has 2 unspecified atom stereocenters. The van der Waals surface area contributed by atoms with Gasteiger partial charge < -0.3 is 5.32 Å². The smallest absolute Gasteiger partial charge is 0.0211 e. The predicted octanol–water partition coefficient (Wildman–Crippen LogP) is 3.23. The van der Waals surface area contributed by atoms with Crippen LogP contribution < -0.4 is 5.32 Å². The van der Waals surface area contributed by atoms with E-state index in [9.17, 15) is 0 Å². The van der Waals surface area contributed by atoms with Gasteiger partial charge in [-0.2, -0.15) is 0 Å². The third-order valence-electron chi connectivity index (χ3n) is 3.70. The van der Waals surface area contributed by atoms with Crippen molar-refractivity contribution in [1.29, 1.82) is 0 Å². The lowest BCUT2D eigenvalue weighted by atomic mass is 9.84. The highest BCUT2D eigenvalue weighted by Gasteiger charge is 2.23. The maximum Gasteiger partial charge on any atom is 0.0211 e. The molecule has 0 aromatic heterocycles. The molecule has 0 saturated heterocycles. The van der Waals surface area contributed by atoms with Crippen molar-refractivity contribution < 1.29 is 0 Å². The zero-order valence-electron chi connectivity index (χ0n) is 10.0. The topological polar surface area (TPSA) is 12.0 Å². The molecule has 1 heterocycles. The second kappa shape index (κ2) is 4.36. The standard InChI is InChI=1S/C14H21N/c1-4-11-6-7-13-10(3)14(5-2)15-9-12(13)8-11/h6-8,10,14-15H,4-5,9H2,1-3H3. The molecule has 0 radical (unpaired) electrons. The largest absolute Gasteiger partial charge is 0.309 e. The van der Waals surface area contributed by atoms with Gasteiger partial charge in [-0.15, -0.1) is 0 Å². The van der Waals surface area contributed by atoms with Gasteiger partial charge in [0.25, 0.3) is 0 Å². The number of hydrogen-bond donors (Lipinski definition) is 1. The van der Waals surface area contributed by atoms with E-state index in [-0.39, 0.29) is 0 Å². The fourth-order valence-electron chi connectivity index (χ4n) is 2.61. The van der Waals surface area contributed by atoms with Gasteiger partial charge in [-0.05, 0) is 35.4 Å². The summed E-state index contributed by atoms with van der Waals surface area (Å²) in [5, 5.41) is 3.63. The van der Waals surface area contributed by atoms with Crippen LogP contribution in [0.15, 0.2) is 18.2 Å². The summed E-state index contributed by atoms with van der Waals surface area (Å²) in [5.74, 6) is 0.657. The first-order valence-electron chi connectivity index (χ1n) is 6.11. The molecule has 0 saturated carbocycles. The molecular weight excluding hydrogens is 182 g/mol. The summed E-state index contributed by atoms with van der Waals surface area (Å²) in [5.41, 5.74) is 4.52. The molecule has 1 heteroatoms. The van der Waals surface area contributed by atoms with Crippen LogP contribution in [-0.2, 0) is 13.0 Å². The third-order valence-corrected chi connectivity index (χ3v) is 3.70. The predicted molar refractivity (Wildman–Crippen MR) is 65.2 cm³/mol. The first-order valence-corrected chi connectivity index (χ1v) is 6.11. The molecule has 1 aromatic rings.